The number of alkyl halides is 6. The predicted octanol–water partition coefficient (Wildman–Crippen LogP) is 7.90. The maximum Gasteiger partial charge on any atom is 1.00 e. The van der Waals surface area contributed by atoms with E-state index in [2.05, 4.69) is 15.6 Å². The molecule has 0 radical (unpaired) electrons. The summed E-state index contributed by atoms with van der Waals surface area (Å²) in [6, 6.07) is 19.6. The summed E-state index contributed by atoms with van der Waals surface area (Å²) < 4.78 is 100. The molecule has 0 spiro atoms. The van der Waals surface area contributed by atoms with Gasteiger partial charge in [0.25, 0.3) is 0 Å². The van der Waals surface area contributed by atoms with Crippen molar-refractivity contribution in [3.05, 3.63) is 118 Å². The Labute approximate surface area is 429 Å². The Kier molecular flexibility index (Phi) is 22.9. The van der Waals surface area contributed by atoms with E-state index in [1.165, 1.54) is 24.3 Å². The van der Waals surface area contributed by atoms with Crippen molar-refractivity contribution in [3.8, 4) is 11.5 Å². The van der Waals surface area contributed by atoms with E-state index in [9.17, 15) is 45.5 Å². The maximum atomic E-state index is 13.2. The molecule has 2 amide bonds. The standard InChI is InChI=1S/C25H27F3N2O5.C24H25F3N2O5.CH4.Na.H/c1-3-6-18-20(11-10-19-23(18)35-29-24(19)25(26,27)28)34-12-5-9-21(31)30(2)15-17-8-4-7-16(13-17)14-22(32)33;1-2-5-17-19(10-9-18-22(17)34-29-23(18)24(25,26)27)33-11-4-8-20(30)28-14-16-7-3-6-15(12-16)13-21(31)32;;;/h4,7-8,10-11,13H,3,5-6,9,12,14-15H2,1-2H3,(H,32,33);3,6-7,9-10,12H,2,4-5,8,11,13-14H2,1H3,(H,28,30)(H,31,32);1H4;;/q;;;+1;-1. The normalized spacial score (nSPS) is 11.2. The molecular formula is C50H57F6N4NaO10. The number of hydrogen-bond donors (Lipinski definition) is 3. The van der Waals surface area contributed by atoms with E-state index >= 15 is 0 Å². The molecule has 2 heterocycles. The minimum absolute atomic E-state index is 0. The number of aromatic nitrogens is 2. The van der Waals surface area contributed by atoms with E-state index in [0.29, 0.717) is 78.8 Å². The summed E-state index contributed by atoms with van der Waals surface area (Å²) in [5, 5.41) is 26.8. The Morgan fingerprint density at radius 1 is 0.676 bits per heavy atom. The average Bonchev–Trinajstić information content (AvgIpc) is 3.93. The first kappa shape index (κ1) is 59.2. The summed E-state index contributed by atoms with van der Waals surface area (Å²) in [6.45, 7) is 4.82. The van der Waals surface area contributed by atoms with Crippen molar-refractivity contribution in [2.45, 2.75) is 111 Å². The zero-order valence-electron chi connectivity index (χ0n) is 40.1. The van der Waals surface area contributed by atoms with Crippen molar-refractivity contribution in [3.63, 3.8) is 0 Å². The average molecular weight is 1010 g/mol. The largest absolute Gasteiger partial charge is 1.00 e. The number of carboxylic acids is 2. The Morgan fingerprint density at radius 2 is 1.11 bits per heavy atom. The van der Waals surface area contributed by atoms with E-state index in [-0.39, 0.29) is 118 Å². The molecule has 6 rings (SSSR count). The number of aryl methyl sites for hydroxylation is 2. The van der Waals surface area contributed by atoms with Crippen LogP contribution in [0.5, 0.6) is 11.5 Å². The van der Waals surface area contributed by atoms with Crippen LogP contribution in [0, 0.1) is 0 Å². The number of benzene rings is 4. The van der Waals surface area contributed by atoms with Crippen LogP contribution in [0.15, 0.2) is 81.8 Å². The first-order valence-corrected chi connectivity index (χ1v) is 22.1. The second-order valence-corrected chi connectivity index (χ2v) is 16.1. The third-order valence-corrected chi connectivity index (χ3v) is 10.6. The van der Waals surface area contributed by atoms with Gasteiger partial charge in [-0.05, 0) is 72.2 Å². The molecule has 0 aliphatic heterocycles. The monoisotopic (exact) mass is 1010 g/mol. The molecule has 21 heteroatoms. The van der Waals surface area contributed by atoms with Gasteiger partial charge >= 0.3 is 53.8 Å². The van der Waals surface area contributed by atoms with E-state index in [1.54, 1.807) is 54.4 Å². The molecule has 380 valence electrons. The molecule has 0 saturated heterocycles. The number of ether oxygens (including phenoxy) is 2. The van der Waals surface area contributed by atoms with Gasteiger partial charge in [-0.1, -0.05) is 93.0 Å². The number of rotatable bonds is 22. The Balaban J connectivity index is 0.000000474. The molecule has 0 bridgehead atoms. The van der Waals surface area contributed by atoms with Crippen LogP contribution in [-0.4, -0.2) is 69.4 Å². The minimum atomic E-state index is -4.61. The van der Waals surface area contributed by atoms with Crippen molar-refractivity contribution in [1.29, 1.82) is 0 Å². The fraction of sp³-hybridized carbons (Fsp3) is 0.400. The topological polar surface area (TPSA) is 195 Å². The molecule has 3 N–H and O–H groups in total. The van der Waals surface area contributed by atoms with Gasteiger partial charge in [-0.2, -0.15) is 26.3 Å². The minimum Gasteiger partial charge on any atom is -1.00 e. The van der Waals surface area contributed by atoms with Crippen molar-refractivity contribution >= 4 is 45.7 Å². The Morgan fingerprint density at radius 3 is 1.56 bits per heavy atom. The summed E-state index contributed by atoms with van der Waals surface area (Å²) in [5.41, 5.74) is 2.01. The fourth-order valence-electron chi connectivity index (χ4n) is 7.43. The number of hydrogen-bond acceptors (Lipinski definition) is 10. The first-order chi connectivity index (χ1) is 32.8. The smallest absolute Gasteiger partial charge is 1.00 e. The van der Waals surface area contributed by atoms with Gasteiger partial charge in [0.05, 0.1) is 36.8 Å². The Hall–Kier alpha value is -6.12. The third kappa shape index (κ3) is 17.3. The van der Waals surface area contributed by atoms with Gasteiger partial charge in [-0.3, -0.25) is 19.2 Å². The number of carbonyl (C=O) groups is 4. The third-order valence-electron chi connectivity index (χ3n) is 10.6. The SMILES string of the molecule is C.CCCc1c(OCCCC(=O)N(C)Cc2cccc(CC(=O)O)c2)ccc2c(C(F)(F)F)noc12.CCCc1c(OCCCC(=O)NCc2cccc(CC(=O)O)c2)ccc2c(C(F)(F)F)noc12.[H-].[Na+]. The number of nitrogens with zero attached hydrogens (tertiary/aromatic N) is 3. The molecule has 0 unspecified atom stereocenters. The van der Waals surface area contributed by atoms with Crippen molar-refractivity contribution in [2.75, 3.05) is 20.3 Å². The van der Waals surface area contributed by atoms with Crippen LogP contribution in [0.1, 0.15) is 106 Å². The number of aliphatic carboxylic acids is 2. The van der Waals surface area contributed by atoms with Crippen LogP contribution in [0.4, 0.5) is 26.3 Å². The van der Waals surface area contributed by atoms with Gasteiger partial charge in [-0.15, -0.1) is 0 Å². The number of carbonyl (C=O) groups excluding carboxylic acids is 2. The number of amides is 2. The molecule has 0 saturated carbocycles. The molecule has 4 aromatic carbocycles. The van der Waals surface area contributed by atoms with Gasteiger partial charge in [0.2, 0.25) is 11.8 Å². The van der Waals surface area contributed by atoms with Crippen LogP contribution in [0.25, 0.3) is 21.9 Å². The van der Waals surface area contributed by atoms with Gasteiger partial charge in [0.15, 0.2) is 22.6 Å². The molecule has 0 aliphatic rings. The van der Waals surface area contributed by atoms with E-state index < -0.39 is 35.7 Å². The first-order valence-electron chi connectivity index (χ1n) is 22.1. The van der Waals surface area contributed by atoms with E-state index in [4.69, 9.17) is 28.7 Å². The second-order valence-electron chi connectivity index (χ2n) is 16.1. The Bertz CT molecular complexity index is 2730. The zero-order valence-corrected chi connectivity index (χ0v) is 41.1. The quantitative estimate of drug-likeness (QED) is 0.0339. The molecule has 6 aromatic rings. The maximum absolute atomic E-state index is 13.2. The zero-order chi connectivity index (χ0) is 50.3. The summed E-state index contributed by atoms with van der Waals surface area (Å²) >= 11 is 0. The van der Waals surface area contributed by atoms with Gasteiger partial charge < -0.3 is 40.4 Å². The van der Waals surface area contributed by atoms with Crippen LogP contribution in [0.2, 0.25) is 0 Å². The van der Waals surface area contributed by atoms with E-state index in [0.717, 1.165) is 11.1 Å². The number of carboxylic acid groups (broad SMARTS) is 2. The fourth-order valence-corrected chi connectivity index (χ4v) is 7.43. The number of nitrogens with one attached hydrogen (secondary N) is 1. The van der Waals surface area contributed by atoms with Crippen molar-refractivity contribution in [2.24, 2.45) is 0 Å². The van der Waals surface area contributed by atoms with Gasteiger partial charge in [0, 0.05) is 44.1 Å². The summed E-state index contributed by atoms with van der Waals surface area (Å²) in [5.74, 6) is -1.31. The molecule has 0 atom stereocenters. The second kappa shape index (κ2) is 27.5. The van der Waals surface area contributed by atoms with Crippen LogP contribution in [0.3, 0.4) is 0 Å². The summed E-state index contributed by atoms with van der Waals surface area (Å²) in [4.78, 5) is 47.9. The van der Waals surface area contributed by atoms with Crippen molar-refractivity contribution < 1.29 is 105 Å². The summed E-state index contributed by atoms with van der Waals surface area (Å²) in [6.07, 6.45) is -5.89. The molecular weight excluding hydrogens is 954 g/mol. The number of fused-ring (bicyclic) bond motifs is 2. The van der Waals surface area contributed by atoms with Gasteiger partial charge in [0.1, 0.15) is 11.5 Å². The predicted molar refractivity (Wildman–Crippen MR) is 247 cm³/mol. The van der Waals surface area contributed by atoms with Crippen LogP contribution >= 0.6 is 0 Å². The van der Waals surface area contributed by atoms with Crippen LogP contribution < -0.4 is 44.3 Å². The van der Waals surface area contributed by atoms with Crippen LogP contribution in [-0.2, 0) is 70.3 Å². The van der Waals surface area contributed by atoms with Crippen molar-refractivity contribution in [1.82, 2.24) is 20.5 Å². The molecule has 2 aromatic heterocycles. The molecule has 71 heavy (non-hydrogen) atoms. The van der Waals surface area contributed by atoms with E-state index in [1.807, 2.05) is 19.9 Å². The number of halogens is 6. The summed E-state index contributed by atoms with van der Waals surface area (Å²) in [7, 11) is 1.67. The van der Waals surface area contributed by atoms with Gasteiger partial charge in [-0.25, -0.2) is 0 Å². The molecule has 0 aliphatic carbocycles. The molecule has 14 nitrogen and oxygen atoms in total. The molecule has 0 fully saturated rings.